The van der Waals surface area contributed by atoms with Crippen LogP contribution in [0.3, 0.4) is 0 Å². The number of carbonyl (C=O) groups excluding carboxylic acids is 2. The first-order valence-electron chi connectivity index (χ1n) is 7.17. The maximum Gasteiger partial charge on any atom is 0.339 e. The predicted octanol–water partition coefficient (Wildman–Crippen LogP) is 2.08. The van der Waals surface area contributed by atoms with Crippen LogP contribution in [0.5, 0.6) is 0 Å². The zero-order chi connectivity index (χ0) is 18.6. The Balaban J connectivity index is 2.43. The summed E-state index contributed by atoms with van der Waals surface area (Å²) in [5.74, 6) is -1.26. The molecule has 0 saturated carbocycles. The second-order valence-electron chi connectivity index (χ2n) is 5.00. The molecule has 0 aliphatic rings. The summed E-state index contributed by atoms with van der Waals surface area (Å²) in [7, 11) is -0.200. The minimum atomic E-state index is -4.00. The van der Waals surface area contributed by atoms with Crippen LogP contribution in [0, 0.1) is 0 Å². The van der Waals surface area contributed by atoms with Gasteiger partial charge in [0.15, 0.2) is 0 Å². The number of anilines is 1. The number of ether oxygens (including phenoxy) is 2. The Kier molecular flexibility index (Phi) is 5.43. The van der Waals surface area contributed by atoms with Crippen LogP contribution < -0.4 is 4.31 Å². The first kappa shape index (κ1) is 18.5. The minimum absolute atomic E-state index is 0.0527. The van der Waals surface area contributed by atoms with Gasteiger partial charge < -0.3 is 9.47 Å². The van der Waals surface area contributed by atoms with Crippen LogP contribution in [0.1, 0.15) is 20.7 Å². The smallest absolute Gasteiger partial charge is 0.339 e. The normalized spacial score (nSPS) is 10.8. The molecule has 2 aromatic carbocycles. The summed E-state index contributed by atoms with van der Waals surface area (Å²) >= 11 is 0. The Labute approximate surface area is 145 Å². The summed E-state index contributed by atoms with van der Waals surface area (Å²) in [6.45, 7) is 0. The number of methoxy groups -OCH3 is 2. The van der Waals surface area contributed by atoms with E-state index in [9.17, 15) is 18.0 Å². The number of esters is 2. The molecule has 8 heteroatoms. The average Bonchev–Trinajstić information content (AvgIpc) is 2.66. The van der Waals surface area contributed by atoms with E-state index >= 15 is 0 Å². The molecule has 132 valence electrons. The maximum absolute atomic E-state index is 12.9. The molecule has 0 aliphatic carbocycles. The molecule has 0 radical (unpaired) electrons. The number of sulfonamides is 1. The van der Waals surface area contributed by atoms with E-state index in [1.54, 1.807) is 6.07 Å². The summed E-state index contributed by atoms with van der Waals surface area (Å²) in [5.41, 5.74) is 0.572. The Bertz CT molecular complexity index is 890. The van der Waals surface area contributed by atoms with Crippen molar-refractivity contribution in [2.45, 2.75) is 4.90 Å². The van der Waals surface area contributed by atoms with Gasteiger partial charge in [-0.1, -0.05) is 12.1 Å². The Morgan fingerprint density at radius 1 is 0.880 bits per heavy atom. The zero-order valence-electron chi connectivity index (χ0n) is 13.9. The highest BCUT2D eigenvalue weighted by atomic mass is 32.2. The SMILES string of the molecule is COC(=O)c1ccc(N(C)S(=O)(=O)c2ccccc2C(=O)OC)cc1. The van der Waals surface area contributed by atoms with Crippen molar-refractivity contribution in [3.63, 3.8) is 0 Å². The van der Waals surface area contributed by atoms with Crippen LogP contribution in [-0.4, -0.2) is 41.6 Å². The Hall–Kier alpha value is -2.87. The van der Waals surface area contributed by atoms with Crippen LogP contribution >= 0.6 is 0 Å². The maximum atomic E-state index is 12.9. The van der Waals surface area contributed by atoms with Gasteiger partial charge in [-0.15, -0.1) is 0 Å². The number of carbonyl (C=O) groups is 2. The van der Waals surface area contributed by atoms with Gasteiger partial charge in [0.05, 0.1) is 31.0 Å². The molecular weight excluding hydrogens is 346 g/mol. The second-order valence-corrected chi connectivity index (χ2v) is 6.94. The van der Waals surface area contributed by atoms with E-state index in [0.29, 0.717) is 11.3 Å². The molecule has 0 bridgehead atoms. The molecule has 0 N–H and O–H groups in total. The van der Waals surface area contributed by atoms with Gasteiger partial charge in [-0.05, 0) is 36.4 Å². The first-order valence-corrected chi connectivity index (χ1v) is 8.61. The zero-order valence-corrected chi connectivity index (χ0v) is 14.7. The summed E-state index contributed by atoms with van der Waals surface area (Å²) in [6.07, 6.45) is 0. The third kappa shape index (κ3) is 3.63. The molecule has 7 nitrogen and oxygen atoms in total. The van der Waals surface area contributed by atoms with E-state index in [2.05, 4.69) is 9.47 Å². The fraction of sp³-hybridized carbons (Fsp3) is 0.176. The number of benzene rings is 2. The quantitative estimate of drug-likeness (QED) is 0.756. The highest BCUT2D eigenvalue weighted by Gasteiger charge is 2.27. The minimum Gasteiger partial charge on any atom is -0.465 e. The van der Waals surface area contributed by atoms with Gasteiger partial charge in [-0.2, -0.15) is 0 Å². The van der Waals surface area contributed by atoms with E-state index in [-0.39, 0.29) is 10.5 Å². The summed E-state index contributed by atoms with van der Waals surface area (Å²) in [6, 6.07) is 11.7. The van der Waals surface area contributed by atoms with Gasteiger partial charge in [0, 0.05) is 7.05 Å². The summed E-state index contributed by atoms with van der Waals surface area (Å²) in [5, 5.41) is 0. The fourth-order valence-electron chi connectivity index (χ4n) is 2.18. The summed E-state index contributed by atoms with van der Waals surface area (Å²) < 4.78 is 36.0. The lowest BCUT2D eigenvalue weighted by Crippen LogP contribution is -2.28. The third-order valence-corrected chi connectivity index (χ3v) is 5.43. The largest absolute Gasteiger partial charge is 0.465 e. The van der Waals surface area contributed by atoms with Crippen molar-refractivity contribution < 1.29 is 27.5 Å². The predicted molar refractivity (Wildman–Crippen MR) is 91.2 cm³/mol. The van der Waals surface area contributed by atoms with Crippen molar-refractivity contribution in [3.05, 3.63) is 59.7 Å². The lowest BCUT2D eigenvalue weighted by molar-refractivity contribution is 0.0589. The molecule has 0 spiro atoms. The van der Waals surface area contributed by atoms with Gasteiger partial charge in [0.2, 0.25) is 0 Å². The van der Waals surface area contributed by atoms with Crippen LogP contribution in [0.2, 0.25) is 0 Å². The Morgan fingerprint density at radius 3 is 2.00 bits per heavy atom. The molecule has 0 unspecified atom stereocenters. The van der Waals surface area contributed by atoms with Crippen molar-refractivity contribution in [3.8, 4) is 0 Å². The second kappa shape index (κ2) is 7.35. The molecule has 0 atom stereocenters. The van der Waals surface area contributed by atoms with Gasteiger partial charge in [0.25, 0.3) is 10.0 Å². The number of hydrogen-bond acceptors (Lipinski definition) is 6. The van der Waals surface area contributed by atoms with Crippen molar-refractivity contribution in [1.29, 1.82) is 0 Å². The number of nitrogens with zero attached hydrogens (tertiary/aromatic N) is 1. The van der Waals surface area contributed by atoms with Gasteiger partial charge >= 0.3 is 11.9 Å². The molecule has 25 heavy (non-hydrogen) atoms. The van der Waals surface area contributed by atoms with Crippen molar-refractivity contribution >= 4 is 27.6 Å². The number of hydrogen-bond donors (Lipinski definition) is 0. The third-order valence-electron chi connectivity index (χ3n) is 3.58. The van der Waals surface area contributed by atoms with Gasteiger partial charge in [-0.25, -0.2) is 18.0 Å². The molecular formula is C17H17NO6S. The fourth-order valence-corrected chi connectivity index (χ4v) is 3.56. The highest BCUT2D eigenvalue weighted by molar-refractivity contribution is 7.92. The van der Waals surface area contributed by atoms with Crippen LogP contribution in [0.15, 0.2) is 53.4 Å². The van der Waals surface area contributed by atoms with E-state index in [1.165, 1.54) is 63.7 Å². The lowest BCUT2D eigenvalue weighted by atomic mass is 10.2. The molecule has 0 aromatic heterocycles. The van der Waals surface area contributed by atoms with Crippen molar-refractivity contribution in [2.75, 3.05) is 25.6 Å². The van der Waals surface area contributed by atoms with Crippen molar-refractivity contribution in [2.24, 2.45) is 0 Å². The molecule has 2 rings (SSSR count). The van der Waals surface area contributed by atoms with E-state index in [4.69, 9.17) is 0 Å². The molecule has 2 aromatic rings. The molecule has 0 aliphatic heterocycles. The first-order chi connectivity index (χ1) is 11.8. The van der Waals surface area contributed by atoms with Crippen LogP contribution in [-0.2, 0) is 19.5 Å². The molecule has 0 amide bonds. The van der Waals surface area contributed by atoms with Crippen LogP contribution in [0.4, 0.5) is 5.69 Å². The monoisotopic (exact) mass is 363 g/mol. The van der Waals surface area contributed by atoms with Gasteiger partial charge in [0.1, 0.15) is 4.90 Å². The molecule has 0 heterocycles. The Morgan fingerprint density at radius 2 is 1.44 bits per heavy atom. The van der Waals surface area contributed by atoms with E-state index in [1.807, 2.05) is 0 Å². The van der Waals surface area contributed by atoms with Gasteiger partial charge in [-0.3, -0.25) is 4.31 Å². The van der Waals surface area contributed by atoms with Crippen LogP contribution in [0.25, 0.3) is 0 Å². The van der Waals surface area contributed by atoms with E-state index < -0.39 is 22.0 Å². The lowest BCUT2D eigenvalue weighted by Gasteiger charge is -2.21. The molecule has 0 fully saturated rings. The standard InChI is InChI=1S/C17H17NO6S/c1-18(13-10-8-12(9-11-13)16(19)23-2)25(21,22)15-7-5-4-6-14(15)17(20)24-3/h4-11H,1-3H3. The highest BCUT2D eigenvalue weighted by Crippen LogP contribution is 2.25. The summed E-state index contributed by atoms with van der Waals surface area (Å²) in [4.78, 5) is 23.1. The van der Waals surface area contributed by atoms with Crippen molar-refractivity contribution in [1.82, 2.24) is 0 Å². The topological polar surface area (TPSA) is 90.0 Å². The number of rotatable bonds is 5. The molecule has 0 saturated heterocycles. The average molecular weight is 363 g/mol. The van der Waals surface area contributed by atoms with E-state index in [0.717, 1.165) is 4.31 Å².